The molecule has 2 aromatic rings. The average molecular weight is 561 g/mol. The van der Waals surface area contributed by atoms with Crippen LogP contribution in [-0.2, 0) is 15.1 Å². The van der Waals surface area contributed by atoms with Crippen LogP contribution in [0.5, 0.6) is 5.75 Å². The molecule has 5 atom stereocenters. The first-order valence-electron chi connectivity index (χ1n) is 13.6. The smallest absolute Gasteiger partial charge is 0.119 e. The zero-order chi connectivity index (χ0) is 24.1. The Morgan fingerprint density at radius 2 is 1.58 bits per heavy atom. The van der Waals surface area contributed by atoms with Gasteiger partial charge in [-0.2, -0.15) is 0 Å². The molecule has 2 bridgehead atoms. The maximum atomic E-state index is 12.0. The van der Waals surface area contributed by atoms with Gasteiger partial charge in [-0.3, -0.25) is 0 Å². The summed E-state index contributed by atoms with van der Waals surface area (Å²) in [7, 11) is 1.84. The van der Waals surface area contributed by atoms with Crippen LogP contribution in [-0.4, -0.2) is 68.3 Å². The lowest BCUT2D eigenvalue weighted by Gasteiger charge is -2.55. The van der Waals surface area contributed by atoms with Crippen molar-refractivity contribution in [2.75, 3.05) is 46.5 Å². The van der Waals surface area contributed by atoms with Crippen LogP contribution in [0.15, 0.2) is 60.7 Å². The van der Waals surface area contributed by atoms with Crippen molar-refractivity contribution in [2.24, 2.45) is 11.8 Å². The molecule has 198 valence electrons. The molecule has 2 aromatic carbocycles. The van der Waals surface area contributed by atoms with E-state index in [1.54, 1.807) is 0 Å². The highest BCUT2D eigenvalue weighted by molar-refractivity contribution is 5.24. The minimum absolute atomic E-state index is 0. The van der Waals surface area contributed by atoms with Crippen LogP contribution in [0, 0.1) is 11.8 Å². The van der Waals surface area contributed by atoms with Crippen molar-refractivity contribution in [3.8, 4) is 5.75 Å². The molecule has 6 heteroatoms. The number of piperidine rings is 3. The Morgan fingerprint density at radius 1 is 0.917 bits per heavy atom. The monoisotopic (exact) mass is 559 g/mol. The van der Waals surface area contributed by atoms with Crippen molar-refractivity contribution >= 4 is 0 Å². The van der Waals surface area contributed by atoms with Gasteiger partial charge in [-0.15, -0.1) is 0 Å². The van der Waals surface area contributed by atoms with Gasteiger partial charge in [-0.05, 0) is 36.5 Å². The summed E-state index contributed by atoms with van der Waals surface area (Å²) in [5, 5.41) is 12.0. The molecule has 3 saturated heterocycles. The summed E-state index contributed by atoms with van der Waals surface area (Å²) in [5.74, 6) is 1.61. The summed E-state index contributed by atoms with van der Waals surface area (Å²) in [6, 6.07) is 20.3. The molecule has 1 saturated carbocycles. The van der Waals surface area contributed by atoms with E-state index in [0.29, 0.717) is 12.5 Å². The maximum absolute atomic E-state index is 12.0. The van der Waals surface area contributed by atoms with Gasteiger partial charge in [0, 0.05) is 25.9 Å². The van der Waals surface area contributed by atoms with Crippen molar-refractivity contribution < 1.29 is 40.8 Å². The lowest BCUT2D eigenvalue weighted by molar-refractivity contribution is -0.950. The molecule has 4 aliphatic rings. The molecule has 3 aliphatic heterocycles. The molecule has 5 nitrogen and oxygen atoms in total. The highest BCUT2D eigenvalue weighted by Gasteiger charge is 2.53. The lowest BCUT2D eigenvalue weighted by Crippen LogP contribution is -3.00. The Labute approximate surface area is 227 Å². The predicted molar refractivity (Wildman–Crippen MR) is 137 cm³/mol. The predicted octanol–water partition coefficient (Wildman–Crippen LogP) is 1.79. The lowest BCUT2D eigenvalue weighted by atomic mass is 9.79. The van der Waals surface area contributed by atoms with Gasteiger partial charge in [0.2, 0.25) is 0 Å². The van der Waals surface area contributed by atoms with E-state index in [1.165, 1.54) is 19.4 Å². The van der Waals surface area contributed by atoms with E-state index in [4.69, 9.17) is 14.2 Å². The third-order valence-corrected chi connectivity index (χ3v) is 8.94. The summed E-state index contributed by atoms with van der Waals surface area (Å²) in [4.78, 5) is 0. The summed E-state index contributed by atoms with van der Waals surface area (Å²) < 4.78 is 19.7. The quantitative estimate of drug-likeness (QED) is 0.337. The van der Waals surface area contributed by atoms with Crippen molar-refractivity contribution in [3.63, 3.8) is 0 Å². The fourth-order valence-electron chi connectivity index (χ4n) is 6.95. The van der Waals surface area contributed by atoms with Crippen molar-refractivity contribution in [2.45, 2.75) is 56.3 Å². The Hall–Kier alpha value is -1.44. The molecule has 36 heavy (non-hydrogen) atoms. The van der Waals surface area contributed by atoms with Crippen molar-refractivity contribution in [1.82, 2.24) is 0 Å². The van der Waals surface area contributed by atoms with Crippen LogP contribution in [0.25, 0.3) is 0 Å². The number of fused-ring (bicyclic) bond motifs is 3. The number of benzene rings is 2. The number of methoxy groups -OCH3 is 1. The van der Waals surface area contributed by atoms with Gasteiger partial charge in [0.15, 0.2) is 0 Å². The number of hydrogen-bond acceptors (Lipinski definition) is 4. The van der Waals surface area contributed by atoms with Gasteiger partial charge in [-0.1, -0.05) is 61.4 Å². The van der Waals surface area contributed by atoms with E-state index in [2.05, 4.69) is 12.1 Å². The number of ether oxygens (including phenoxy) is 3. The highest BCUT2D eigenvalue weighted by atomic mass is 79.9. The molecule has 0 amide bonds. The molecule has 4 fully saturated rings. The molecule has 3 heterocycles. The molecule has 0 aromatic heterocycles. The zero-order valence-electron chi connectivity index (χ0n) is 21.6. The van der Waals surface area contributed by atoms with Crippen LogP contribution < -0.4 is 21.7 Å². The van der Waals surface area contributed by atoms with Gasteiger partial charge in [0.05, 0.1) is 26.3 Å². The molecule has 5 unspecified atom stereocenters. The third-order valence-electron chi connectivity index (χ3n) is 8.94. The van der Waals surface area contributed by atoms with Crippen LogP contribution in [0.4, 0.5) is 0 Å². The van der Waals surface area contributed by atoms with Crippen molar-refractivity contribution in [3.05, 3.63) is 66.2 Å². The number of nitrogens with zero attached hydrogens (tertiary/aromatic N) is 1. The van der Waals surface area contributed by atoms with E-state index < -0.39 is 5.60 Å². The molecule has 6 rings (SSSR count). The minimum atomic E-state index is -0.916. The van der Waals surface area contributed by atoms with Crippen LogP contribution in [0.1, 0.15) is 44.1 Å². The van der Waals surface area contributed by atoms with Gasteiger partial charge in [0.25, 0.3) is 0 Å². The average Bonchev–Trinajstić information content (AvgIpc) is 3.47. The standard InChI is InChI=1S/C30H42NO4.BrH/c1-33-28-21-31(18-10-20-34-26-15-6-3-7-16-26)19-17-27(28)29(22-31)35-23-30(32,25-13-8-9-14-25)24-11-4-2-5-12-24;/h2-7,11-12,15-16,25,27-29,32H,8-10,13-14,17-23H2,1H3;1H/q+1;/p-1. The number of quaternary nitrogens is 1. The van der Waals surface area contributed by atoms with Gasteiger partial charge in [0.1, 0.15) is 36.6 Å². The normalized spacial score (nSPS) is 29.4. The molecule has 1 N–H and O–H groups in total. The van der Waals surface area contributed by atoms with Crippen LogP contribution in [0.3, 0.4) is 0 Å². The SMILES string of the molecule is COC1C[N+]2(CCCOc3ccccc3)CCC1C(OCC(O)(c1ccccc1)C1CCCC1)C2.[Br-]. The second-order valence-electron chi connectivity index (χ2n) is 11.0. The fraction of sp³-hybridized carbons (Fsp3) is 0.600. The Balaban J connectivity index is 0.00000304. The van der Waals surface area contributed by atoms with Crippen molar-refractivity contribution in [1.29, 1.82) is 0 Å². The summed E-state index contributed by atoms with van der Waals surface area (Å²) >= 11 is 0. The molecular weight excluding hydrogens is 518 g/mol. The Bertz CT molecular complexity index is 925. The van der Waals surface area contributed by atoms with E-state index in [1.807, 2.05) is 55.6 Å². The summed E-state index contributed by atoms with van der Waals surface area (Å²) in [6.45, 7) is 5.41. The van der Waals surface area contributed by atoms with E-state index in [-0.39, 0.29) is 35.1 Å². The Morgan fingerprint density at radius 3 is 2.28 bits per heavy atom. The first-order valence-corrected chi connectivity index (χ1v) is 13.6. The zero-order valence-corrected chi connectivity index (χ0v) is 23.2. The minimum Gasteiger partial charge on any atom is -1.00 e. The number of hydrogen-bond donors (Lipinski definition) is 1. The van der Waals surface area contributed by atoms with Crippen LogP contribution in [0.2, 0.25) is 0 Å². The number of aliphatic hydroxyl groups is 1. The molecule has 0 spiro atoms. The van der Waals surface area contributed by atoms with Gasteiger partial charge >= 0.3 is 0 Å². The topological polar surface area (TPSA) is 47.9 Å². The highest BCUT2D eigenvalue weighted by Crippen LogP contribution is 2.43. The van der Waals surface area contributed by atoms with Gasteiger partial charge in [-0.25, -0.2) is 0 Å². The van der Waals surface area contributed by atoms with E-state index in [0.717, 1.165) is 67.7 Å². The number of rotatable bonds is 11. The summed E-state index contributed by atoms with van der Waals surface area (Å²) in [6.07, 6.45) is 7.01. The van der Waals surface area contributed by atoms with E-state index in [9.17, 15) is 5.11 Å². The summed E-state index contributed by atoms with van der Waals surface area (Å²) in [5.41, 5.74) is 0.0826. The molecular formula is C30H42BrNO4. The van der Waals surface area contributed by atoms with Gasteiger partial charge < -0.3 is 40.8 Å². The Kier molecular flexibility index (Phi) is 9.51. The molecule has 1 aliphatic carbocycles. The largest absolute Gasteiger partial charge is 1.00 e. The first-order chi connectivity index (χ1) is 17.1. The number of halogens is 1. The molecule has 0 radical (unpaired) electrons. The second-order valence-corrected chi connectivity index (χ2v) is 11.0. The maximum Gasteiger partial charge on any atom is 0.119 e. The van der Waals surface area contributed by atoms with E-state index >= 15 is 0 Å². The van der Waals surface area contributed by atoms with Crippen LogP contribution >= 0.6 is 0 Å². The first kappa shape index (κ1) is 27.6. The third kappa shape index (κ3) is 5.99. The second kappa shape index (κ2) is 12.4. The number of para-hydroxylation sites is 1. The fourth-order valence-corrected chi connectivity index (χ4v) is 6.95.